The number of H-pyrrole nitrogens is 1. The normalized spacial score (nSPS) is 11.4. The Morgan fingerprint density at radius 2 is 2.25 bits per heavy atom. The van der Waals surface area contributed by atoms with E-state index < -0.39 is 10.0 Å². The summed E-state index contributed by atoms with van der Waals surface area (Å²) in [7, 11) is -3.50. The zero-order valence-electron chi connectivity index (χ0n) is 8.86. The molecule has 0 aliphatic heterocycles. The summed E-state index contributed by atoms with van der Waals surface area (Å²) in [6.45, 7) is 1.98. The van der Waals surface area contributed by atoms with E-state index in [2.05, 4.69) is 15.3 Å². The van der Waals surface area contributed by atoms with Gasteiger partial charge in [0, 0.05) is 19.0 Å². The molecule has 1 heterocycles. The number of anilines is 1. The monoisotopic (exact) mass is 246 g/mol. The minimum Gasteiger partial charge on any atom is -0.369 e. The number of hydrogen-bond donors (Lipinski definition) is 3. The predicted molar refractivity (Wildman–Crippen MR) is 60.7 cm³/mol. The fraction of sp³-hybridized carbons (Fsp3) is 0.500. The van der Waals surface area contributed by atoms with Crippen LogP contribution < -0.4 is 16.0 Å². The summed E-state index contributed by atoms with van der Waals surface area (Å²) in [5, 5.41) is 7.56. The van der Waals surface area contributed by atoms with Gasteiger partial charge in [-0.3, -0.25) is 4.79 Å². The molecule has 1 aromatic heterocycles. The maximum Gasteiger partial charge on any atom is 0.252 e. The summed E-state index contributed by atoms with van der Waals surface area (Å²) in [5.74, 6) is 0.693. The van der Waals surface area contributed by atoms with Gasteiger partial charge in [0.25, 0.3) is 5.56 Å². The van der Waals surface area contributed by atoms with E-state index in [0.717, 1.165) is 0 Å². The summed E-state index contributed by atoms with van der Waals surface area (Å²) in [6, 6.07) is 1.27. The maximum atomic E-state index is 11.2. The first-order valence-corrected chi connectivity index (χ1v) is 6.47. The number of nitrogens with one attached hydrogen (secondary N) is 2. The number of aromatic nitrogens is 2. The molecule has 7 nitrogen and oxygen atoms in total. The second-order valence-corrected chi connectivity index (χ2v) is 4.96. The van der Waals surface area contributed by atoms with Gasteiger partial charge in [-0.1, -0.05) is 6.92 Å². The highest BCUT2D eigenvalue weighted by atomic mass is 32.2. The van der Waals surface area contributed by atoms with Gasteiger partial charge < -0.3 is 10.3 Å². The van der Waals surface area contributed by atoms with Crippen LogP contribution in [0.3, 0.4) is 0 Å². The van der Waals surface area contributed by atoms with Crippen molar-refractivity contribution in [3.63, 3.8) is 0 Å². The van der Waals surface area contributed by atoms with E-state index >= 15 is 0 Å². The third kappa shape index (κ3) is 4.41. The van der Waals surface area contributed by atoms with E-state index in [1.54, 1.807) is 0 Å². The Balaban J connectivity index is 2.67. The van der Waals surface area contributed by atoms with Crippen molar-refractivity contribution in [2.45, 2.75) is 13.3 Å². The van der Waals surface area contributed by atoms with Crippen LogP contribution in [0.25, 0.3) is 0 Å². The van der Waals surface area contributed by atoms with Gasteiger partial charge in [0.2, 0.25) is 10.0 Å². The Hall–Kier alpha value is -1.41. The largest absolute Gasteiger partial charge is 0.369 e. The molecule has 0 amide bonds. The van der Waals surface area contributed by atoms with Gasteiger partial charge in [0.05, 0.1) is 5.75 Å². The minimum atomic E-state index is -3.50. The molecular formula is C8H14N4O3S. The van der Waals surface area contributed by atoms with Gasteiger partial charge in [-0.25, -0.2) is 18.5 Å². The molecule has 1 aromatic rings. The summed E-state index contributed by atoms with van der Waals surface area (Å²) >= 11 is 0. The Bertz CT molecular complexity index is 508. The standard InChI is InChI=1S/C8H14N4O3S/c1-2-6-11-7(5-8(13)12-6)10-3-4-16(9,14)15/h5H,2-4H2,1H3,(H2,9,14,15)(H2,10,11,12,13). The number of rotatable bonds is 5. The minimum absolute atomic E-state index is 0.123. The van der Waals surface area contributed by atoms with Crippen molar-refractivity contribution in [3.05, 3.63) is 22.2 Å². The van der Waals surface area contributed by atoms with E-state index in [1.807, 2.05) is 6.92 Å². The SMILES string of the molecule is CCc1nc(NCCS(N)(=O)=O)cc(=O)[nH]1. The maximum absolute atomic E-state index is 11.2. The number of nitrogens with zero attached hydrogens (tertiary/aromatic N) is 1. The van der Waals surface area contributed by atoms with Crippen LogP contribution in [0, 0.1) is 0 Å². The molecule has 0 saturated heterocycles. The molecule has 4 N–H and O–H groups in total. The summed E-state index contributed by atoms with van der Waals surface area (Å²) in [5.41, 5.74) is -0.273. The topological polar surface area (TPSA) is 118 Å². The number of sulfonamides is 1. The Labute approximate surface area is 93.1 Å². The lowest BCUT2D eigenvalue weighted by molar-refractivity contribution is 0.598. The molecule has 0 spiro atoms. The number of primary sulfonamides is 1. The third-order valence-corrected chi connectivity index (χ3v) is 2.59. The van der Waals surface area contributed by atoms with E-state index in [9.17, 15) is 13.2 Å². The number of hydrogen-bond acceptors (Lipinski definition) is 5. The van der Waals surface area contributed by atoms with Gasteiger partial charge in [-0.15, -0.1) is 0 Å². The Morgan fingerprint density at radius 3 is 2.81 bits per heavy atom. The smallest absolute Gasteiger partial charge is 0.252 e. The van der Waals surface area contributed by atoms with Crippen LogP contribution in [0.4, 0.5) is 5.82 Å². The van der Waals surface area contributed by atoms with Crippen LogP contribution in [0.5, 0.6) is 0 Å². The van der Waals surface area contributed by atoms with E-state index in [1.165, 1.54) is 6.07 Å². The molecule has 0 unspecified atom stereocenters. The molecule has 0 radical (unpaired) electrons. The highest BCUT2D eigenvalue weighted by molar-refractivity contribution is 7.89. The zero-order valence-corrected chi connectivity index (χ0v) is 9.67. The molecule has 0 aromatic carbocycles. The molecule has 90 valence electrons. The van der Waals surface area contributed by atoms with Gasteiger partial charge >= 0.3 is 0 Å². The van der Waals surface area contributed by atoms with Crippen LogP contribution in [0.1, 0.15) is 12.7 Å². The van der Waals surface area contributed by atoms with Crippen molar-refractivity contribution in [1.29, 1.82) is 0 Å². The number of aromatic amines is 1. The van der Waals surface area contributed by atoms with Crippen LogP contribution in [0.2, 0.25) is 0 Å². The first-order valence-electron chi connectivity index (χ1n) is 4.75. The first kappa shape index (κ1) is 12.7. The van der Waals surface area contributed by atoms with E-state index in [-0.39, 0.29) is 17.9 Å². The fourth-order valence-corrected chi connectivity index (χ4v) is 1.47. The molecular weight excluding hydrogens is 232 g/mol. The highest BCUT2D eigenvalue weighted by Crippen LogP contribution is 1.98. The second-order valence-electron chi connectivity index (χ2n) is 3.22. The third-order valence-electron chi connectivity index (χ3n) is 1.82. The molecule has 0 aliphatic carbocycles. The van der Waals surface area contributed by atoms with Crippen molar-refractivity contribution in [2.75, 3.05) is 17.6 Å². The molecule has 0 bridgehead atoms. The molecule has 0 aliphatic rings. The van der Waals surface area contributed by atoms with Gasteiger partial charge in [0.15, 0.2) is 0 Å². The quantitative estimate of drug-likeness (QED) is 0.618. The Kier molecular flexibility index (Phi) is 4.02. The van der Waals surface area contributed by atoms with Crippen molar-refractivity contribution in [1.82, 2.24) is 9.97 Å². The summed E-state index contributed by atoms with van der Waals surface area (Å²) in [4.78, 5) is 17.8. The molecule has 1 rings (SSSR count). The lowest BCUT2D eigenvalue weighted by Gasteiger charge is -2.05. The van der Waals surface area contributed by atoms with Crippen LogP contribution in [-0.4, -0.2) is 30.7 Å². The van der Waals surface area contributed by atoms with Crippen LogP contribution >= 0.6 is 0 Å². The summed E-state index contributed by atoms with van der Waals surface area (Å²) in [6.07, 6.45) is 0.597. The van der Waals surface area contributed by atoms with Crippen LogP contribution in [0.15, 0.2) is 10.9 Å². The van der Waals surface area contributed by atoms with E-state index in [0.29, 0.717) is 18.1 Å². The predicted octanol–water partition coefficient (Wildman–Crippen LogP) is -0.967. The zero-order chi connectivity index (χ0) is 12.2. The van der Waals surface area contributed by atoms with Gasteiger partial charge in [0.1, 0.15) is 11.6 Å². The highest BCUT2D eigenvalue weighted by Gasteiger charge is 2.03. The average Bonchev–Trinajstić information content (AvgIpc) is 2.14. The molecule has 0 fully saturated rings. The van der Waals surface area contributed by atoms with Gasteiger partial charge in [-0.05, 0) is 0 Å². The number of nitrogens with two attached hydrogens (primary N) is 1. The van der Waals surface area contributed by atoms with Crippen molar-refractivity contribution < 1.29 is 8.42 Å². The van der Waals surface area contributed by atoms with Crippen LogP contribution in [-0.2, 0) is 16.4 Å². The lowest BCUT2D eigenvalue weighted by Crippen LogP contribution is -2.23. The van der Waals surface area contributed by atoms with Gasteiger partial charge in [-0.2, -0.15) is 0 Å². The van der Waals surface area contributed by atoms with Crippen molar-refractivity contribution in [2.24, 2.45) is 5.14 Å². The molecule has 0 atom stereocenters. The van der Waals surface area contributed by atoms with Crippen molar-refractivity contribution in [3.8, 4) is 0 Å². The molecule has 8 heteroatoms. The first-order chi connectivity index (χ1) is 7.40. The second kappa shape index (κ2) is 5.08. The lowest BCUT2D eigenvalue weighted by atomic mass is 10.4. The fourth-order valence-electron chi connectivity index (χ4n) is 1.09. The molecule has 0 saturated carbocycles. The average molecular weight is 246 g/mol. The van der Waals surface area contributed by atoms with Crippen molar-refractivity contribution >= 4 is 15.8 Å². The van der Waals surface area contributed by atoms with E-state index in [4.69, 9.17) is 5.14 Å². The summed E-state index contributed by atoms with van der Waals surface area (Å²) < 4.78 is 21.3. The Morgan fingerprint density at radius 1 is 1.56 bits per heavy atom. The molecule has 16 heavy (non-hydrogen) atoms. The number of aryl methyl sites for hydroxylation is 1.